The van der Waals surface area contributed by atoms with Crippen LogP contribution in [0.25, 0.3) is 0 Å². The first kappa shape index (κ1) is 23.8. The molecule has 0 radical (unpaired) electrons. The van der Waals surface area contributed by atoms with Gasteiger partial charge in [-0.15, -0.1) is 0 Å². The SMILES string of the molecule is C[C@H]1CN(c2ncc(C(F)(F)F)cc2C(=O)Nc2ccnc([S@](C)(=N)=O)c2)CCC1(F)F. The van der Waals surface area contributed by atoms with Gasteiger partial charge in [0.05, 0.1) is 20.9 Å². The molecule has 32 heavy (non-hydrogen) atoms. The number of carbonyl (C=O) groups is 1. The first-order valence-corrected chi connectivity index (χ1v) is 11.4. The van der Waals surface area contributed by atoms with Crippen LogP contribution in [0.2, 0.25) is 0 Å². The largest absolute Gasteiger partial charge is 0.417 e. The summed E-state index contributed by atoms with van der Waals surface area (Å²) in [7, 11) is -3.20. The van der Waals surface area contributed by atoms with Gasteiger partial charge in [-0.25, -0.2) is 27.7 Å². The van der Waals surface area contributed by atoms with E-state index in [-0.39, 0.29) is 29.6 Å². The number of hydrogen-bond donors (Lipinski definition) is 2. The summed E-state index contributed by atoms with van der Waals surface area (Å²) in [6.45, 7) is 0.936. The number of hydrogen-bond acceptors (Lipinski definition) is 6. The summed E-state index contributed by atoms with van der Waals surface area (Å²) in [5, 5.41) is 2.27. The first-order chi connectivity index (χ1) is 14.7. The first-order valence-electron chi connectivity index (χ1n) is 9.40. The molecule has 0 unspecified atom stereocenters. The molecule has 0 aliphatic carbocycles. The normalized spacial score (nSPS) is 20.5. The highest BCUT2D eigenvalue weighted by molar-refractivity contribution is 7.91. The Labute approximate surface area is 181 Å². The van der Waals surface area contributed by atoms with Crippen LogP contribution in [-0.2, 0) is 15.9 Å². The van der Waals surface area contributed by atoms with E-state index in [4.69, 9.17) is 4.78 Å². The minimum atomic E-state index is -4.77. The number of rotatable bonds is 4. The number of piperidine rings is 1. The fourth-order valence-corrected chi connectivity index (χ4v) is 3.82. The molecule has 0 aromatic carbocycles. The molecule has 1 amide bonds. The number of nitrogens with one attached hydrogen (secondary N) is 2. The lowest BCUT2D eigenvalue weighted by molar-refractivity contribution is -0.137. The van der Waals surface area contributed by atoms with E-state index in [9.17, 15) is 31.0 Å². The van der Waals surface area contributed by atoms with Crippen LogP contribution >= 0.6 is 0 Å². The van der Waals surface area contributed by atoms with Crippen LogP contribution < -0.4 is 10.2 Å². The summed E-state index contributed by atoms with van der Waals surface area (Å²) in [6.07, 6.45) is -2.42. The highest BCUT2D eigenvalue weighted by atomic mass is 32.2. The Bertz CT molecular complexity index is 1140. The van der Waals surface area contributed by atoms with Crippen molar-refractivity contribution in [3.63, 3.8) is 0 Å². The number of anilines is 2. The second-order valence-electron chi connectivity index (χ2n) is 7.63. The molecule has 3 heterocycles. The number of alkyl halides is 5. The van der Waals surface area contributed by atoms with Crippen molar-refractivity contribution >= 4 is 27.1 Å². The molecule has 0 saturated carbocycles. The van der Waals surface area contributed by atoms with Gasteiger partial charge in [0.25, 0.3) is 11.8 Å². The maximum atomic E-state index is 13.9. The smallest absolute Gasteiger partial charge is 0.355 e. The van der Waals surface area contributed by atoms with E-state index in [0.29, 0.717) is 12.3 Å². The Morgan fingerprint density at radius 1 is 1.31 bits per heavy atom. The van der Waals surface area contributed by atoms with E-state index in [1.807, 2.05) is 0 Å². The number of carbonyl (C=O) groups excluding carboxylic acids is 1. The summed E-state index contributed by atoms with van der Waals surface area (Å²) in [6, 6.07) is 3.11. The maximum absolute atomic E-state index is 13.9. The van der Waals surface area contributed by atoms with Crippen LogP contribution in [0.15, 0.2) is 35.6 Å². The van der Waals surface area contributed by atoms with E-state index in [0.717, 1.165) is 6.26 Å². The molecule has 1 aliphatic heterocycles. The molecule has 1 aliphatic rings. The van der Waals surface area contributed by atoms with Gasteiger partial charge >= 0.3 is 6.18 Å². The van der Waals surface area contributed by atoms with Gasteiger partial charge in [-0.3, -0.25) is 4.79 Å². The van der Waals surface area contributed by atoms with Gasteiger partial charge in [0.15, 0.2) is 0 Å². The van der Waals surface area contributed by atoms with E-state index in [1.165, 1.54) is 30.2 Å². The second kappa shape index (κ2) is 8.26. The summed E-state index contributed by atoms with van der Waals surface area (Å²) in [5.74, 6) is -5.13. The molecule has 0 bridgehead atoms. The lowest BCUT2D eigenvalue weighted by atomic mass is 9.95. The van der Waals surface area contributed by atoms with Crippen LogP contribution in [0.3, 0.4) is 0 Å². The van der Waals surface area contributed by atoms with Crippen molar-refractivity contribution in [1.82, 2.24) is 9.97 Å². The van der Waals surface area contributed by atoms with Crippen molar-refractivity contribution in [3.8, 4) is 0 Å². The van der Waals surface area contributed by atoms with E-state index in [2.05, 4.69) is 15.3 Å². The molecule has 2 aromatic heterocycles. The number of amides is 1. The van der Waals surface area contributed by atoms with Crippen LogP contribution in [-0.4, -0.2) is 45.4 Å². The number of aromatic nitrogens is 2. The number of nitrogens with zero attached hydrogens (tertiary/aromatic N) is 3. The Kier molecular flexibility index (Phi) is 6.15. The predicted octanol–water partition coefficient (Wildman–Crippen LogP) is 4.26. The van der Waals surface area contributed by atoms with Gasteiger partial charge < -0.3 is 10.2 Å². The topological polar surface area (TPSA) is 99.0 Å². The van der Waals surface area contributed by atoms with Gasteiger partial charge in [0.2, 0.25) is 0 Å². The average Bonchev–Trinajstić information content (AvgIpc) is 2.68. The molecular formula is C19H20F5N5O2S. The van der Waals surface area contributed by atoms with Crippen molar-refractivity contribution < 1.29 is 31.0 Å². The minimum absolute atomic E-state index is 0.0590. The Hall–Kier alpha value is -2.83. The van der Waals surface area contributed by atoms with Gasteiger partial charge in [0, 0.05) is 49.8 Å². The van der Waals surface area contributed by atoms with Crippen molar-refractivity contribution in [2.24, 2.45) is 5.92 Å². The lowest BCUT2D eigenvalue weighted by Crippen LogP contribution is -2.46. The lowest BCUT2D eigenvalue weighted by Gasteiger charge is -2.38. The van der Waals surface area contributed by atoms with E-state index < -0.39 is 51.2 Å². The van der Waals surface area contributed by atoms with Gasteiger partial charge in [0.1, 0.15) is 10.8 Å². The molecule has 2 atom stereocenters. The van der Waals surface area contributed by atoms with Gasteiger partial charge in [-0.2, -0.15) is 13.2 Å². The zero-order valence-electron chi connectivity index (χ0n) is 17.0. The molecule has 13 heteroatoms. The molecule has 1 fully saturated rings. The Morgan fingerprint density at radius 2 is 2.00 bits per heavy atom. The molecule has 1 saturated heterocycles. The zero-order valence-corrected chi connectivity index (χ0v) is 17.9. The van der Waals surface area contributed by atoms with Crippen molar-refractivity contribution in [1.29, 1.82) is 4.78 Å². The molecule has 2 N–H and O–H groups in total. The molecule has 0 spiro atoms. The van der Waals surface area contributed by atoms with Crippen molar-refractivity contribution in [2.75, 3.05) is 29.6 Å². The Morgan fingerprint density at radius 3 is 2.59 bits per heavy atom. The molecule has 2 aromatic rings. The fourth-order valence-electron chi connectivity index (χ4n) is 3.21. The van der Waals surface area contributed by atoms with Crippen LogP contribution in [0.4, 0.5) is 33.5 Å². The van der Waals surface area contributed by atoms with Crippen LogP contribution in [0, 0.1) is 10.7 Å². The number of pyridine rings is 2. The fraction of sp³-hybridized carbons (Fsp3) is 0.421. The van der Waals surface area contributed by atoms with E-state index in [1.54, 1.807) is 0 Å². The molecule has 3 rings (SSSR count). The third-order valence-corrected chi connectivity index (χ3v) is 6.08. The van der Waals surface area contributed by atoms with Crippen molar-refractivity contribution in [2.45, 2.75) is 30.5 Å². The van der Waals surface area contributed by atoms with E-state index >= 15 is 0 Å². The number of halogens is 5. The van der Waals surface area contributed by atoms with Crippen molar-refractivity contribution in [3.05, 3.63) is 41.7 Å². The summed E-state index contributed by atoms with van der Waals surface area (Å²) in [5.41, 5.74) is -1.55. The second-order valence-corrected chi connectivity index (χ2v) is 9.74. The summed E-state index contributed by atoms with van der Waals surface area (Å²) in [4.78, 5) is 21.8. The highest BCUT2D eigenvalue weighted by Crippen LogP contribution is 2.37. The minimum Gasteiger partial charge on any atom is -0.355 e. The third-order valence-electron chi connectivity index (χ3n) is 5.06. The van der Waals surface area contributed by atoms with Crippen LogP contribution in [0.1, 0.15) is 29.3 Å². The van der Waals surface area contributed by atoms with Crippen LogP contribution in [0.5, 0.6) is 0 Å². The zero-order chi connectivity index (χ0) is 23.9. The van der Waals surface area contributed by atoms with Gasteiger partial charge in [-0.05, 0) is 18.2 Å². The quantitative estimate of drug-likeness (QED) is 0.641. The monoisotopic (exact) mass is 477 g/mol. The van der Waals surface area contributed by atoms with Gasteiger partial charge in [-0.1, -0.05) is 6.92 Å². The summed E-state index contributed by atoms with van der Waals surface area (Å²) < 4.78 is 86.9. The summed E-state index contributed by atoms with van der Waals surface area (Å²) >= 11 is 0. The standard InChI is InChI=1S/C19H20F5N5O2S/c1-11-10-29(6-4-18(11,20)21)16-14(7-12(9-27-16)19(22,23)24)17(30)28-13-3-5-26-15(8-13)32(2,25)31/h3,5,7-9,11,25H,4,6,10H2,1-2H3,(H,26,28,30)/t11-,32+/m0/s1. The molecule has 7 nitrogen and oxygen atoms in total. The Balaban J connectivity index is 1.99. The molecular weight excluding hydrogens is 457 g/mol. The highest BCUT2D eigenvalue weighted by Gasteiger charge is 2.42. The maximum Gasteiger partial charge on any atom is 0.417 e. The predicted molar refractivity (Wildman–Crippen MR) is 107 cm³/mol. The molecule has 174 valence electrons. The third kappa shape index (κ3) is 5.14. The average molecular weight is 477 g/mol.